The van der Waals surface area contributed by atoms with Gasteiger partial charge < -0.3 is 24.1 Å². The van der Waals surface area contributed by atoms with Gasteiger partial charge in [0.2, 0.25) is 6.10 Å². The number of hydrogen-bond acceptors (Lipinski definition) is 9. The number of cyclic esters (lactones) is 1. The van der Waals surface area contributed by atoms with Crippen LogP contribution in [0, 0.1) is 22.2 Å². The summed E-state index contributed by atoms with van der Waals surface area (Å²) in [4.78, 5) is 52.8. The summed E-state index contributed by atoms with van der Waals surface area (Å²) in [6, 6.07) is 0. The van der Waals surface area contributed by atoms with Crippen LogP contribution in [0.1, 0.15) is 120 Å². The molecule has 1 heterocycles. The van der Waals surface area contributed by atoms with E-state index < -0.39 is 62.7 Å². The summed E-state index contributed by atoms with van der Waals surface area (Å²) in [5, 5.41) is 11.5. The van der Waals surface area contributed by atoms with Crippen LogP contribution in [0.3, 0.4) is 0 Å². The maximum atomic E-state index is 13.9. The minimum atomic E-state index is -1.09. The molecule has 6 atom stereocenters. The molecule has 0 radical (unpaired) electrons. The monoisotopic (exact) mass is 564 g/mol. The summed E-state index contributed by atoms with van der Waals surface area (Å²) >= 11 is 0. The SMILES string of the molecule is CCC(C)(CC(C)(C)C(=O)OC1CC(C)(C)OC1=O)C(=O)OC12CC3CC(O)(C1)CC(C(=O)OC(C)(C)C)(C3)C2. The highest BCUT2D eigenvalue weighted by Crippen LogP contribution is 2.65. The standard InChI is InChI=1S/C31H48O9/c1-10-28(9,15-26(5,6)22(33)37-20-14-27(7,8)38-21(20)32)23(34)40-31-13-19-11-29(17-31,16-30(36,12-19)18-31)24(35)39-25(2,3)4/h19-20,36H,10-18H2,1-9H3. The predicted molar refractivity (Wildman–Crippen MR) is 145 cm³/mol. The van der Waals surface area contributed by atoms with Gasteiger partial charge in [-0.25, -0.2) is 4.79 Å². The van der Waals surface area contributed by atoms with Gasteiger partial charge in [-0.1, -0.05) is 6.92 Å². The predicted octanol–water partition coefficient (Wildman–Crippen LogP) is 4.80. The van der Waals surface area contributed by atoms with Gasteiger partial charge in [0.1, 0.15) is 16.8 Å². The zero-order chi connectivity index (χ0) is 30.2. The van der Waals surface area contributed by atoms with E-state index in [9.17, 15) is 24.3 Å². The summed E-state index contributed by atoms with van der Waals surface area (Å²) in [7, 11) is 0. The second-order valence-corrected chi connectivity index (χ2v) is 15.8. The topological polar surface area (TPSA) is 125 Å². The molecular weight excluding hydrogens is 516 g/mol. The molecule has 226 valence electrons. The minimum Gasteiger partial charge on any atom is -0.460 e. The summed E-state index contributed by atoms with van der Waals surface area (Å²) in [5.41, 5.74) is -6.45. The van der Waals surface area contributed by atoms with Crippen LogP contribution in [0.5, 0.6) is 0 Å². The molecule has 5 rings (SSSR count). The van der Waals surface area contributed by atoms with Gasteiger partial charge in [0.25, 0.3) is 0 Å². The molecule has 0 spiro atoms. The molecule has 5 aliphatic rings. The second-order valence-electron chi connectivity index (χ2n) is 15.8. The van der Waals surface area contributed by atoms with Gasteiger partial charge in [-0.3, -0.25) is 14.4 Å². The third-order valence-corrected chi connectivity index (χ3v) is 9.35. The Hall–Kier alpha value is -2.16. The van der Waals surface area contributed by atoms with Gasteiger partial charge in [0.05, 0.1) is 21.8 Å². The third kappa shape index (κ3) is 5.90. The number of carbonyl (C=O) groups excluding carboxylic acids is 4. The first-order chi connectivity index (χ1) is 18.0. The summed E-state index contributed by atoms with van der Waals surface area (Å²) in [6.45, 7) is 16.1. The van der Waals surface area contributed by atoms with Crippen LogP contribution in [0.25, 0.3) is 0 Å². The quantitative estimate of drug-likeness (QED) is 0.327. The highest BCUT2D eigenvalue weighted by molar-refractivity contribution is 5.85. The fourth-order valence-electron chi connectivity index (χ4n) is 8.02. The van der Waals surface area contributed by atoms with Crippen LogP contribution in [0.4, 0.5) is 0 Å². The molecule has 9 heteroatoms. The summed E-state index contributed by atoms with van der Waals surface area (Å²) in [5.74, 6) is -1.88. The molecule has 1 aliphatic heterocycles. The fraction of sp³-hybridized carbons (Fsp3) is 0.871. The highest BCUT2D eigenvalue weighted by atomic mass is 16.6. The molecule has 0 aromatic heterocycles. The number of aliphatic hydroxyl groups is 1. The maximum Gasteiger partial charge on any atom is 0.348 e. The van der Waals surface area contributed by atoms with E-state index in [1.54, 1.807) is 34.6 Å². The Kier molecular flexibility index (Phi) is 7.26. The van der Waals surface area contributed by atoms with E-state index in [4.69, 9.17) is 18.9 Å². The Balaban J connectivity index is 1.51. The number of hydrogen-bond donors (Lipinski definition) is 1. The van der Waals surface area contributed by atoms with Crippen molar-refractivity contribution in [3.05, 3.63) is 0 Å². The summed E-state index contributed by atoms with van der Waals surface area (Å²) in [6.07, 6.45) is 2.57. The average Bonchev–Trinajstić information content (AvgIpc) is 3.00. The van der Waals surface area contributed by atoms with Gasteiger partial charge in [-0.05, 0) is 99.8 Å². The lowest BCUT2D eigenvalue weighted by molar-refractivity contribution is -0.254. The van der Waals surface area contributed by atoms with E-state index in [1.165, 1.54) is 0 Å². The van der Waals surface area contributed by atoms with Crippen LogP contribution >= 0.6 is 0 Å². The lowest BCUT2D eigenvalue weighted by Crippen LogP contribution is -2.67. The molecule has 0 aromatic rings. The zero-order valence-electron chi connectivity index (χ0n) is 25.7. The Morgan fingerprint density at radius 2 is 1.60 bits per heavy atom. The number of carbonyl (C=O) groups is 4. The highest BCUT2D eigenvalue weighted by Gasteiger charge is 2.68. The molecule has 0 aromatic carbocycles. The number of rotatable bonds is 8. The first-order valence-corrected chi connectivity index (χ1v) is 14.7. The number of ether oxygens (including phenoxy) is 4. The van der Waals surface area contributed by atoms with Gasteiger partial charge >= 0.3 is 23.9 Å². The van der Waals surface area contributed by atoms with E-state index in [2.05, 4.69) is 0 Å². The Morgan fingerprint density at radius 1 is 0.950 bits per heavy atom. The van der Waals surface area contributed by atoms with Crippen LogP contribution in [0.15, 0.2) is 0 Å². The largest absolute Gasteiger partial charge is 0.460 e. The van der Waals surface area contributed by atoms with Crippen LogP contribution in [-0.2, 0) is 38.1 Å². The van der Waals surface area contributed by atoms with Crippen molar-refractivity contribution >= 4 is 23.9 Å². The second kappa shape index (κ2) is 9.43. The van der Waals surface area contributed by atoms with Crippen molar-refractivity contribution in [3.63, 3.8) is 0 Å². The molecule has 4 saturated carbocycles. The van der Waals surface area contributed by atoms with Crippen molar-refractivity contribution in [2.75, 3.05) is 0 Å². The van der Waals surface area contributed by atoms with E-state index in [-0.39, 0.29) is 31.1 Å². The van der Waals surface area contributed by atoms with E-state index >= 15 is 0 Å². The van der Waals surface area contributed by atoms with Gasteiger partial charge in [-0.15, -0.1) is 0 Å². The Morgan fingerprint density at radius 3 is 2.12 bits per heavy atom. The molecule has 1 saturated heterocycles. The van der Waals surface area contributed by atoms with Crippen molar-refractivity contribution in [1.82, 2.24) is 0 Å². The van der Waals surface area contributed by atoms with E-state index in [0.29, 0.717) is 38.5 Å². The average molecular weight is 565 g/mol. The van der Waals surface area contributed by atoms with Crippen molar-refractivity contribution in [3.8, 4) is 0 Å². The first-order valence-electron chi connectivity index (χ1n) is 14.7. The van der Waals surface area contributed by atoms with Gasteiger partial charge in [0, 0.05) is 19.3 Å². The molecule has 9 nitrogen and oxygen atoms in total. The van der Waals surface area contributed by atoms with Gasteiger partial charge in [0.15, 0.2) is 0 Å². The first kappa shape index (κ1) is 30.8. The third-order valence-electron chi connectivity index (χ3n) is 9.35. The summed E-state index contributed by atoms with van der Waals surface area (Å²) < 4.78 is 23.0. The van der Waals surface area contributed by atoms with Crippen LogP contribution < -0.4 is 0 Å². The molecule has 5 fully saturated rings. The lowest BCUT2D eigenvalue weighted by atomic mass is 9.46. The normalized spacial score (nSPS) is 36.0. The molecule has 1 N–H and O–H groups in total. The van der Waals surface area contributed by atoms with Crippen molar-refractivity contribution in [1.29, 1.82) is 0 Å². The van der Waals surface area contributed by atoms with Crippen LogP contribution in [0.2, 0.25) is 0 Å². The Bertz CT molecular complexity index is 1090. The molecule has 40 heavy (non-hydrogen) atoms. The fourth-order valence-corrected chi connectivity index (χ4v) is 8.02. The van der Waals surface area contributed by atoms with E-state index in [0.717, 1.165) is 0 Å². The molecule has 4 bridgehead atoms. The molecule has 4 aliphatic carbocycles. The molecule has 6 unspecified atom stereocenters. The molecular formula is C31H48O9. The smallest absolute Gasteiger partial charge is 0.348 e. The maximum absolute atomic E-state index is 13.9. The number of esters is 4. The van der Waals surface area contributed by atoms with Gasteiger partial charge in [-0.2, -0.15) is 0 Å². The van der Waals surface area contributed by atoms with E-state index in [1.807, 2.05) is 27.7 Å². The zero-order valence-corrected chi connectivity index (χ0v) is 25.7. The van der Waals surface area contributed by atoms with Crippen molar-refractivity contribution < 1.29 is 43.2 Å². The van der Waals surface area contributed by atoms with Crippen molar-refractivity contribution in [2.45, 2.75) is 149 Å². The van der Waals surface area contributed by atoms with Crippen LogP contribution in [-0.4, -0.2) is 57.5 Å². The lowest BCUT2D eigenvalue weighted by Gasteiger charge is -2.63. The minimum absolute atomic E-state index is 0.0521. The van der Waals surface area contributed by atoms with Crippen molar-refractivity contribution in [2.24, 2.45) is 22.2 Å². The Labute approximate surface area is 238 Å². The molecule has 0 amide bonds.